The van der Waals surface area contributed by atoms with Crippen LogP contribution < -0.4 is 10.5 Å². The van der Waals surface area contributed by atoms with Gasteiger partial charge in [0.25, 0.3) is 0 Å². The molecule has 3 nitrogen and oxygen atoms in total. The van der Waals surface area contributed by atoms with E-state index in [4.69, 9.17) is 10.5 Å². The molecule has 0 radical (unpaired) electrons. The lowest BCUT2D eigenvalue weighted by Gasteiger charge is -2.35. The molecule has 1 aromatic rings. The number of methoxy groups -OCH3 is 1. The normalized spacial score (nSPS) is 19.5. The lowest BCUT2D eigenvalue weighted by molar-refractivity contribution is 0.164. The van der Waals surface area contributed by atoms with Crippen molar-refractivity contribution < 1.29 is 4.74 Å². The topological polar surface area (TPSA) is 38.5 Å². The first kappa shape index (κ1) is 16.3. The SMILES string of the molecule is COc1ccccc1C(C(C)N)N(C)CC1CCCCC1. The maximum absolute atomic E-state index is 6.30. The zero-order valence-electron chi connectivity index (χ0n) is 13.7. The minimum Gasteiger partial charge on any atom is -0.496 e. The van der Waals surface area contributed by atoms with Crippen LogP contribution in [0.5, 0.6) is 5.75 Å². The summed E-state index contributed by atoms with van der Waals surface area (Å²) >= 11 is 0. The van der Waals surface area contributed by atoms with Crippen LogP contribution in [0.2, 0.25) is 0 Å². The molecule has 0 heterocycles. The van der Waals surface area contributed by atoms with Gasteiger partial charge in [0.05, 0.1) is 13.2 Å². The molecule has 2 atom stereocenters. The Morgan fingerprint density at radius 2 is 1.90 bits per heavy atom. The minimum atomic E-state index is 0.0786. The second-order valence-corrected chi connectivity index (χ2v) is 6.49. The van der Waals surface area contributed by atoms with Crippen molar-refractivity contribution in [2.24, 2.45) is 11.7 Å². The number of nitrogens with two attached hydrogens (primary N) is 1. The van der Waals surface area contributed by atoms with E-state index in [1.165, 1.54) is 37.7 Å². The first-order valence-electron chi connectivity index (χ1n) is 8.22. The fourth-order valence-corrected chi connectivity index (χ4v) is 3.72. The third-order valence-electron chi connectivity index (χ3n) is 4.70. The van der Waals surface area contributed by atoms with E-state index in [1.54, 1.807) is 7.11 Å². The molecule has 0 amide bonds. The maximum Gasteiger partial charge on any atom is 0.123 e. The Labute approximate surface area is 129 Å². The molecule has 1 fully saturated rings. The minimum absolute atomic E-state index is 0.0786. The molecule has 1 saturated carbocycles. The van der Waals surface area contributed by atoms with Gasteiger partial charge in [0.15, 0.2) is 0 Å². The molecule has 0 saturated heterocycles. The van der Waals surface area contributed by atoms with Crippen LogP contribution >= 0.6 is 0 Å². The number of hydrogen-bond donors (Lipinski definition) is 1. The quantitative estimate of drug-likeness (QED) is 0.870. The van der Waals surface area contributed by atoms with Gasteiger partial charge in [0, 0.05) is 18.2 Å². The van der Waals surface area contributed by atoms with Gasteiger partial charge in [0.1, 0.15) is 5.75 Å². The van der Waals surface area contributed by atoms with Crippen molar-refractivity contribution in [3.05, 3.63) is 29.8 Å². The lowest BCUT2D eigenvalue weighted by atomic mass is 9.88. The molecule has 3 heteroatoms. The van der Waals surface area contributed by atoms with Crippen LogP contribution in [0.1, 0.15) is 50.6 Å². The van der Waals surface area contributed by atoms with Crippen molar-refractivity contribution in [3.8, 4) is 5.75 Å². The number of hydrogen-bond acceptors (Lipinski definition) is 3. The fourth-order valence-electron chi connectivity index (χ4n) is 3.72. The summed E-state index contributed by atoms with van der Waals surface area (Å²) in [6.45, 7) is 3.22. The van der Waals surface area contributed by atoms with Crippen molar-refractivity contribution >= 4 is 0 Å². The van der Waals surface area contributed by atoms with E-state index in [2.05, 4.69) is 31.0 Å². The molecule has 21 heavy (non-hydrogen) atoms. The summed E-state index contributed by atoms with van der Waals surface area (Å²) in [5.41, 5.74) is 7.50. The Bertz CT molecular complexity index is 427. The van der Waals surface area contributed by atoms with Crippen LogP contribution in [0.25, 0.3) is 0 Å². The third kappa shape index (κ3) is 4.21. The van der Waals surface area contributed by atoms with Gasteiger partial charge >= 0.3 is 0 Å². The van der Waals surface area contributed by atoms with Gasteiger partial charge in [-0.25, -0.2) is 0 Å². The van der Waals surface area contributed by atoms with E-state index in [1.807, 2.05) is 12.1 Å². The van der Waals surface area contributed by atoms with Crippen LogP contribution in [0.3, 0.4) is 0 Å². The first-order chi connectivity index (χ1) is 10.1. The first-order valence-corrected chi connectivity index (χ1v) is 8.22. The van der Waals surface area contributed by atoms with Gasteiger partial charge in [-0.05, 0) is 38.8 Å². The van der Waals surface area contributed by atoms with E-state index in [0.717, 1.165) is 18.2 Å². The van der Waals surface area contributed by atoms with E-state index in [-0.39, 0.29) is 12.1 Å². The second-order valence-electron chi connectivity index (χ2n) is 6.49. The molecular formula is C18H30N2O. The Balaban J connectivity index is 2.13. The van der Waals surface area contributed by atoms with Crippen molar-refractivity contribution in [1.29, 1.82) is 0 Å². The summed E-state index contributed by atoms with van der Waals surface area (Å²) in [6.07, 6.45) is 6.90. The number of rotatable bonds is 6. The molecule has 1 aliphatic rings. The molecular weight excluding hydrogens is 260 g/mol. The Kier molecular flexibility index (Phi) is 6.07. The van der Waals surface area contributed by atoms with Gasteiger partial charge < -0.3 is 10.5 Å². The molecule has 0 spiro atoms. The van der Waals surface area contributed by atoms with Gasteiger partial charge in [-0.3, -0.25) is 4.90 Å². The summed E-state index contributed by atoms with van der Waals surface area (Å²) in [4.78, 5) is 2.43. The Morgan fingerprint density at radius 3 is 2.52 bits per heavy atom. The zero-order chi connectivity index (χ0) is 15.2. The molecule has 118 valence electrons. The molecule has 0 aromatic heterocycles. The molecule has 0 aliphatic heterocycles. The van der Waals surface area contributed by atoms with Crippen LogP contribution in [-0.4, -0.2) is 31.6 Å². The second kappa shape index (κ2) is 7.81. The van der Waals surface area contributed by atoms with Crippen molar-refractivity contribution in [2.75, 3.05) is 20.7 Å². The summed E-state index contributed by atoms with van der Waals surface area (Å²) in [6, 6.07) is 8.55. The summed E-state index contributed by atoms with van der Waals surface area (Å²) < 4.78 is 5.53. The monoisotopic (exact) mass is 290 g/mol. The van der Waals surface area contributed by atoms with E-state index < -0.39 is 0 Å². The van der Waals surface area contributed by atoms with Gasteiger partial charge in [0.2, 0.25) is 0 Å². The largest absolute Gasteiger partial charge is 0.496 e. The lowest BCUT2D eigenvalue weighted by Crippen LogP contribution is -2.40. The molecule has 1 aromatic carbocycles. The number of nitrogens with zero attached hydrogens (tertiary/aromatic N) is 1. The number of benzene rings is 1. The molecule has 2 rings (SSSR count). The number of para-hydroxylation sites is 1. The number of likely N-dealkylation sites (N-methyl/N-ethyl adjacent to an activating group) is 1. The fraction of sp³-hybridized carbons (Fsp3) is 0.667. The smallest absolute Gasteiger partial charge is 0.123 e. The maximum atomic E-state index is 6.30. The molecule has 2 N–H and O–H groups in total. The molecule has 0 bridgehead atoms. The predicted octanol–water partition coefficient (Wildman–Crippen LogP) is 3.60. The highest BCUT2D eigenvalue weighted by Crippen LogP contribution is 2.32. The average molecular weight is 290 g/mol. The van der Waals surface area contributed by atoms with E-state index in [9.17, 15) is 0 Å². The highest BCUT2D eigenvalue weighted by Gasteiger charge is 2.26. The predicted molar refractivity (Wildman–Crippen MR) is 88.6 cm³/mol. The van der Waals surface area contributed by atoms with Crippen LogP contribution in [0.4, 0.5) is 0 Å². The van der Waals surface area contributed by atoms with Gasteiger partial charge in [-0.2, -0.15) is 0 Å². The van der Waals surface area contributed by atoms with Crippen molar-refractivity contribution in [1.82, 2.24) is 4.90 Å². The van der Waals surface area contributed by atoms with E-state index in [0.29, 0.717) is 0 Å². The highest BCUT2D eigenvalue weighted by atomic mass is 16.5. The standard InChI is InChI=1S/C18H30N2O/c1-14(19)18(16-11-7-8-12-17(16)21-3)20(2)13-15-9-5-4-6-10-15/h7-8,11-12,14-15,18H,4-6,9-10,13,19H2,1-3H3. The summed E-state index contributed by atoms with van der Waals surface area (Å²) in [5, 5.41) is 0. The Hall–Kier alpha value is -1.06. The highest BCUT2D eigenvalue weighted by molar-refractivity contribution is 5.36. The summed E-state index contributed by atoms with van der Waals surface area (Å²) in [5.74, 6) is 1.76. The van der Waals surface area contributed by atoms with Crippen LogP contribution in [0.15, 0.2) is 24.3 Å². The third-order valence-corrected chi connectivity index (χ3v) is 4.70. The number of ether oxygens (including phenoxy) is 1. The zero-order valence-corrected chi connectivity index (χ0v) is 13.7. The van der Waals surface area contributed by atoms with Crippen molar-refractivity contribution in [3.63, 3.8) is 0 Å². The molecule has 1 aliphatic carbocycles. The van der Waals surface area contributed by atoms with Crippen LogP contribution in [0, 0.1) is 5.92 Å². The summed E-state index contributed by atoms with van der Waals surface area (Å²) in [7, 11) is 3.94. The average Bonchev–Trinajstić information content (AvgIpc) is 2.48. The van der Waals surface area contributed by atoms with Crippen molar-refractivity contribution in [2.45, 2.75) is 51.1 Å². The van der Waals surface area contributed by atoms with Gasteiger partial charge in [-0.15, -0.1) is 0 Å². The molecule has 2 unspecified atom stereocenters. The Morgan fingerprint density at radius 1 is 1.24 bits per heavy atom. The van der Waals surface area contributed by atoms with Crippen LogP contribution in [-0.2, 0) is 0 Å². The van der Waals surface area contributed by atoms with Gasteiger partial charge in [-0.1, -0.05) is 37.5 Å². The van der Waals surface area contributed by atoms with E-state index >= 15 is 0 Å².